The third kappa shape index (κ3) is 5.28. The summed E-state index contributed by atoms with van der Waals surface area (Å²) in [4.78, 5) is 4.47. The fraction of sp³-hybridized carbons (Fsp3) is 0.0714. The van der Waals surface area contributed by atoms with Crippen LogP contribution in [0.5, 0.6) is 0 Å². The van der Waals surface area contributed by atoms with Crippen LogP contribution in [0.3, 0.4) is 0 Å². The van der Waals surface area contributed by atoms with E-state index >= 15 is 0 Å². The Morgan fingerprint density at radius 2 is 1.33 bits per heavy atom. The molecule has 0 fully saturated rings. The number of hydrogen-bond acceptors (Lipinski definition) is 2. The van der Waals surface area contributed by atoms with Gasteiger partial charge in [0.25, 0.3) is 0 Å². The first kappa shape index (κ1) is 16.8. The van der Waals surface area contributed by atoms with Gasteiger partial charge in [-0.2, -0.15) is 0 Å². The van der Waals surface area contributed by atoms with E-state index in [2.05, 4.69) is 10.3 Å². The smallest absolute Gasteiger partial charge is 0.165 e. The van der Waals surface area contributed by atoms with Crippen molar-refractivity contribution in [2.75, 3.05) is 11.6 Å². The molecule has 2 aromatic carbocycles. The van der Waals surface area contributed by atoms with Gasteiger partial charge in [0.2, 0.25) is 0 Å². The number of nitrogens with zero attached hydrogens (tertiary/aromatic N) is 1. The second-order valence-electron chi connectivity index (χ2n) is 4.03. The molecule has 0 aliphatic rings. The molecule has 0 unspecified atom stereocenters. The molecule has 0 atom stereocenters. The van der Waals surface area contributed by atoms with E-state index in [0.717, 1.165) is 5.69 Å². The lowest BCUT2D eigenvalue weighted by molar-refractivity contribution is 1.51. The molecule has 0 bridgehead atoms. The molecule has 2 aromatic rings. The van der Waals surface area contributed by atoms with Crippen LogP contribution < -0.4 is 5.32 Å². The van der Waals surface area contributed by atoms with Crippen LogP contribution in [0.2, 0.25) is 20.1 Å². The van der Waals surface area contributed by atoms with E-state index in [1.54, 1.807) is 36.4 Å². The third-order valence-corrected chi connectivity index (χ3v) is 3.84. The number of anilines is 1. The van der Waals surface area contributed by atoms with Crippen LogP contribution in [0, 0.1) is 0 Å². The number of aliphatic imine (C=N–C) groups is 1. The largest absolute Gasteiger partial charge is 0.335 e. The van der Waals surface area contributed by atoms with Crippen molar-refractivity contribution in [1.29, 1.82) is 0 Å². The summed E-state index contributed by atoms with van der Waals surface area (Å²) in [6, 6.07) is 10.3. The van der Waals surface area contributed by atoms with E-state index < -0.39 is 0 Å². The zero-order chi connectivity index (χ0) is 15.4. The fourth-order valence-electron chi connectivity index (χ4n) is 1.60. The molecular weight excluding hydrogens is 370 g/mol. The van der Waals surface area contributed by atoms with Gasteiger partial charge in [0.05, 0.1) is 5.69 Å². The van der Waals surface area contributed by atoms with Gasteiger partial charge in [0, 0.05) is 25.8 Å². The molecule has 2 rings (SSSR count). The van der Waals surface area contributed by atoms with Crippen molar-refractivity contribution in [3.05, 3.63) is 56.5 Å². The minimum Gasteiger partial charge on any atom is -0.335 e. The van der Waals surface area contributed by atoms with E-state index in [-0.39, 0.29) is 0 Å². The molecule has 0 amide bonds. The number of hydrogen-bond donors (Lipinski definition) is 1. The average molecular weight is 380 g/mol. The van der Waals surface area contributed by atoms with Crippen molar-refractivity contribution in [2.24, 2.45) is 4.99 Å². The van der Waals surface area contributed by atoms with Gasteiger partial charge in [-0.1, -0.05) is 58.2 Å². The molecule has 0 spiro atoms. The molecule has 0 aliphatic heterocycles. The summed E-state index contributed by atoms with van der Waals surface area (Å²) in [7, 11) is 0. The van der Waals surface area contributed by atoms with Gasteiger partial charge in [0.1, 0.15) is 0 Å². The standard InChI is InChI=1S/C14H10Cl4N2S/c1-21-14(19-12-4-8(15)2-9(16)5-12)20-13-6-10(17)3-11(18)7-13/h2-7H,1H3,(H,19,20). The highest BCUT2D eigenvalue weighted by molar-refractivity contribution is 8.13. The summed E-state index contributed by atoms with van der Waals surface area (Å²) in [6.07, 6.45) is 1.91. The zero-order valence-corrected chi connectivity index (χ0v) is 14.7. The molecule has 0 heterocycles. The maximum absolute atomic E-state index is 5.97. The highest BCUT2D eigenvalue weighted by Gasteiger charge is 2.04. The van der Waals surface area contributed by atoms with Crippen LogP contribution >= 0.6 is 58.2 Å². The predicted octanol–water partition coefficient (Wildman–Crippen LogP) is 6.76. The Bertz CT molecular complexity index is 648. The van der Waals surface area contributed by atoms with Crippen LogP contribution in [-0.4, -0.2) is 11.4 Å². The van der Waals surface area contributed by atoms with Crippen molar-refractivity contribution in [3.63, 3.8) is 0 Å². The van der Waals surface area contributed by atoms with Gasteiger partial charge >= 0.3 is 0 Å². The Labute approximate surface area is 147 Å². The molecule has 2 nitrogen and oxygen atoms in total. The van der Waals surface area contributed by atoms with Crippen LogP contribution in [-0.2, 0) is 0 Å². The topological polar surface area (TPSA) is 24.4 Å². The maximum atomic E-state index is 5.97. The molecule has 1 N–H and O–H groups in total. The predicted molar refractivity (Wildman–Crippen MR) is 97.2 cm³/mol. The quantitative estimate of drug-likeness (QED) is 0.460. The van der Waals surface area contributed by atoms with E-state index in [1.807, 2.05) is 6.26 Å². The number of halogens is 4. The van der Waals surface area contributed by atoms with Gasteiger partial charge in [-0.05, 0) is 42.7 Å². The van der Waals surface area contributed by atoms with Crippen LogP contribution in [0.15, 0.2) is 41.4 Å². The van der Waals surface area contributed by atoms with Gasteiger partial charge in [-0.15, -0.1) is 0 Å². The van der Waals surface area contributed by atoms with Crippen molar-refractivity contribution < 1.29 is 0 Å². The van der Waals surface area contributed by atoms with E-state index in [4.69, 9.17) is 46.4 Å². The minimum atomic E-state index is 0.535. The van der Waals surface area contributed by atoms with Crippen LogP contribution in [0.4, 0.5) is 11.4 Å². The highest BCUT2D eigenvalue weighted by Crippen LogP contribution is 2.27. The molecule has 110 valence electrons. The van der Waals surface area contributed by atoms with E-state index in [0.29, 0.717) is 30.9 Å². The molecule has 0 radical (unpaired) electrons. The number of thioether (sulfide) groups is 1. The number of benzene rings is 2. The molecule has 0 aliphatic carbocycles. The molecule has 7 heteroatoms. The Morgan fingerprint density at radius 3 is 1.81 bits per heavy atom. The summed E-state index contributed by atoms with van der Waals surface area (Å²) >= 11 is 25.3. The Kier molecular flexibility index (Phi) is 6.08. The summed E-state index contributed by atoms with van der Waals surface area (Å²) in [5.41, 5.74) is 1.42. The van der Waals surface area contributed by atoms with Crippen molar-refractivity contribution in [3.8, 4) is 0 Å². The second-order valence-corrected chi connectivity index (χ2v) is 6.57. The average Bonchev–Trinajstić information content (AvgIpc) is 2.35. The summed E-state index contributed by atoms with van der Waals surface area (Å²) < 4.78 is 0. The number of rotatable bonds is 2. The molecule has 21 heavy (non-hydrogen) atoms. The van der Waals surface area contributed by atoms with Crippen molar-refractivity contribution in [1.82, 2.24) is 0 Å². The van der Waals surface area contributed by atoms with Gasteiger partial charge < -0.3 is 5.32 Å². The lowest BCUT2D eigenvalue weighted by Gasteiger charge is -2.09. The van der Waals surface area contributed by atoms with Crippen molar-refractivity contribution >= 4 is 74.7 Å². The van der Waals surface area contributed by atoms with Crippen LogP contribution in [0.1, 0.15) is 0 Å². The van der Waals surface area contributed by atoms with Crippen LogP contribution in [0.25, 0.3) is 0 Å². The summed E-state index contributed by atoms with van der Waals surface area (Å²) in [6.45, 7) is 0. The van der Waals surface area contributed by atoms with Crippen molar-refractivity contribution in [2.45, 2.75) is 0 Å². The Balaban J connectivity index is 2.28. The molecular formula is C14H10Cl4N2S. The zero-order valence-electron chi connectivity index (χ0n) is 10.8. The van der Waals surface area contributed by atoms with E-state index in [1.165, 1.54) is 11.8 Å². The van der Waals surface area contributed by atoms with Gasteiger partial charge in [-0.25, -0.2) is 4.99 Å². The molecule has 0 saturated heterocycles. The lowest BCUT2D eigenvalue weighted by atomic mass is 10.3. The van der Waals surface area contributed by atoms with E-state index in [9.17, 15) is 0 Å². The van der Waals surface area contributed by atoms with Gasteiger partial charge in [-0.3, -0.25) is 0 Å². The summed E-state index contributed by atoms with van der Waals surface area (Å²) in [5, 5.41) is 6.00. The monoisotopic (exact) mass is 378 g/mol. The first-order valence-corrected chi connectivity index (χ1v) is 8.52. The number of nitrogens with one attached hydrogen (secondary N) is 1. The molecule has 0 saturated carbocycles. The minimum absolute atomic E-state index is 0.535. The first-order valence-electron chi connectivity index (χ1n) is 5.78. The fourth-order valence-corrected chi connectivity index (χ4v) is 3.05. The SMILES string of the molecule is CS/C(=N\c1cc(Cl)cc(Cl)c1)Nc1cc(Cl)cc(Cl)c1. The highest BCUT2D eigenvalue weighted by atomic mass is 35.5. The number of amidine groups is 1. The molecule has 0 aromatic heterocycles. The third-order valence-electron chi connectivity index (χ3n) is 2.39. The first-order chi connectivity index (χ1) is 9.96. The summed E-state index contributed by atoms with van der Waals surface area (Å²) in [5.74, 6) is 0. The lowest BCUT2D eigenvalue weighted by Crippen LogP contribution is -2.06. The Hall–Kier alpha value is -0.580. The normalized spacial score (nSPS) is 11.6. The maximum Gasteiger partial charge on any atom is 0.165 e. The van der Waals surface area contributed by atoms with Gasteiger partial charge in [0.15, 0.2) is 5.17 Å². The second kappa shape index (κ2) is 7.61. The Morgan fingerprint density at radius 1 is 0.857 bits per heavy atom.